The molecule has 0 spiro atoms. The van der Waals surface area contributed by atoms with Crippen molar-refractivity contribution in [3.8, 4) is 0 Å². The third-order valence-corrected chi connectivity index (χ3v) is 6.39. The van der Waals surface area contributed by atoms with Gasteiger partial charge in [-0.05, 0) is 53.2 Å². The lowest BCUT2D eigenvalue weighted by Crippen LogP contribution is -2.30. The molecule has 0 unspecified atom stereocenters. The third kappa shape index (κ3) is 3.72. The van der Waals surface area contributed by atoms with Gasteiger partial charge < -0.3 is 0 Å². The number of rotatable bonds is 4. The highest BCUT2D eigenvalue weighted by molar-refractivity contribution is 9.10. The van der Waals surface area contributed by atoms with E-state index in [-0.39, 0.29) is 5.91 Å². The molecule has 0 saturated carbocycles. The quantitative estimate of drug-likeness (QED) is 0.301. The first-order valence-electron chi connectivity index (χ1n) is 9.44. The van der Waals surface area contributed by atoms with Gasteiger partial charge in [0.2, 0.25) is 0 Å². The molecule has 0 aliphatic carbocycles. The molecule has 146 valence electrons. The normalized spacial score (nSPS) is 11.1. The van der Waals surface area contributed by atoms with Crippen LogP contribution in [0.1, 0.15) is 16.1 Å². The van der Waals surface area contributed by atoms with Gasteiger partial charge in [0, 0.05) is 16.2 Å². The van der Waals surface area contributed by atoms with E-state index >= 15 is 0 Å². The summed E-state index contributed by atoms with van der Waals surface area (Å²) in [5, 5.41) is 2.80. The molecule has 5 aromatic rings. The highest BCUT2D eigenvalue weighted by atomic mass is 79.9. The van der Waals surface area contributed by atoms with E-state index in [9.17, 15) is 4.79 Å². The van der Waals surface area contributed by atoms with Gasteiger partial charge in [-0.25, -0.2) is 4.98 Å². The molecule has 0 bridgehead atoms. The summed E-state index contributed by atoms with van der Waals surface area (Å²) in [5.74, 6) is -0.0930. The Bertz CT molecular complexity index is 1370. The monoisotopic (exact) mass is 473 g/mol. The highest BCUT2D eigenvalue weighted by Gasteiger charge is 2.22. The van der Waals surface area contributed by atoms with Gasteiger partial charge in [-0.3, -0.25) is 14.7 Å². The number of pyridine rings is 1. The van der Waals surface area contributed by atoms with Gasteiger partial charge in [0.1, 0.15) is 0 Å². The topological polar surface area (TPSA) is 46.1 Å². The van der Waals surface area contributed by atoms with Crippen LogP contribution >= 0.6 is 27.3 Å². The largest absolute Gasteiger partial charge is 0.278 e. The zero-order chi connectivity index (χ0) is 20.5. The van der Waals surface area contributed by atoms with Crippen molar-refractivity contribution in [1.29, 1.82) is 0 Å². The minimum Gasteiger partial charge on any atom is -0.278 e. The molecule has 0 N–H and O–H groups in total. The van der Waals surface area contributed by atoms with Crippen molar-refractivity contribution < 1.29 is 4.79 Å². The summed E-state index contributed by atoms with van der Waals surface area (Å²) in [5.41, 5.74) is 2.31. The first-order chi connectivity index (χ1) is 14.7. The fourth-order valence-corrected chi connectivity index (χ4v) is 4.87. The van der Waals surface area contributed by atoms with E-state index in [1.165, 1.54) is 11.3 Å². The Morgan fingerprint density at radius 3 is 2.60 bits per heavy atom. The molecule has 0 fully saturated rings. The Morgan fingerprint density at radius 1 is 0.933 bits per heavy atom. The molecule has 1 amide bonds. The molecule has 0 atom stereocenters. The molecule has 6 heteroatoms. The number of thiazole rings is 1. The SMILES string of the molecule is O=C(c1ccc2ccccc2c1)N(Cc1ccccn1)c1nc2ccc(Br)cc2s1. The lowest BCUT2D eigenvalue weighted by atomic mass is 10.1. The summed E-state index contributed by atoms with van der Waals surface area (Å²) < 4.78 is 2.01. The van der Waals surface area contributed by atoms with Crippen molar-refractivity contribution in [3.63, 3.8) is 0 Å². The Morgan fingerprint density at radius 2 is 1.77 bits per heavy atom. The van der Waals surface area contributed by atoms with Crippen LogP contribution in [-0.4, -0.2) is 15.9 Å². The van der Waals surface area contributed by atoms with Crippen molar-refractivity contribution in [2.45, 2.75) is 6.54 Å². The van der Waals surface area contributed by atoms with E-state index in [0.29, 0.717) is 17.2 Å². The van der Waals surface area contributed by atoms with Gasteiger partial charge in [0.05, 0.1) is 22.5 Å². The zero-order valence-corrected chi connectivity index (χ0v) is 18.2. The average Bonchev–Trinajstić information content (AvgIpc) is 3.20. The van der Waals surface area contributed by atoms with Gasteiger partial charge in [-0.2, -0.15) is 0 Å². The second-order valence-electron chi connectivity index (χ2n) is 6.88. The zero-order valence-electron chi connectivity index (χ0n) is 15.8. The summed E-state index contributed by atoms with van der Waals surface area (Å²) >= 11 is 5.01. The summed E-state index contributed by atoms with van der Waals surface area (Å²) in [4.78, 5) is 24.5. The van der Waals surface area contributed by atoms with Gasteiger partial charge >= 0.3 is 0 Å². The van der Waals surface area contributed by atoms with E-state index in [1.807, 2.05) is 78.9 Å². The lowest BCUT2D eigenvalue weighted by molar-refractivity contribution is 0.0985. The van der Waals surface area contributed by atoms with Crippen molar-refractivity contribution in [1.82, 2.24) is 9.97 Å². The minimum absolute atomic E-state index is 0.0930. The minimum atomic E-state index is -0.0930. The molecular weight excluding hydrogens is 458 g/mol. The van der Waals surface area contributed by atoms with Crippen molar-refractivity contribution >= 4 is 59.3 Å². The predicted octanol–water partition coefficient (Wildman–Crippen LogP) is 6.45. The second-order valence-corrected chi connectivity index (χ2v) is 8.81. The molecule has 2 heterocycles. The Kier molecular flexibility index (Phi) is 5.02. The van der Waals surface area contributed by atoms with E-state index in [2.05, 4.69) is 20.9 Å². The number of carbonyl (C=O) groups is 1. The van der Waals surface area contributed by atoms with Crippen LogP contribution in [-0.2, 0) is 6.54 Å². The predicted molar refractivity (Wildman–Crippen MR) is 126 cm³/mol. The third-order valence-electron chi connectivity index (χ3n) is 4.86. The van der Waals surface area contributed by atoms with Crippen LogP contribution in [0.5, 0.6) is 0 Å². The second kappa shape index (κ2) is 7.97. The molecule has 0 radical (unpaired) electrons. The molecular formula is C24H16BrN3OS. The molecule has 5 rings (SSSR count). The number of carbonyl (C=O) groups excluding carboxylic acids is 1. The van der Waals surface area contributed by atoms with Gasteiger partial charge in [-0.1, -0.05) is 63.7 Å². The van der Waals surface area contributed by atoms with Crippen LogP contribution in [0, 0.1) is 0 Å². The van der Waals surface area contributed by atoms with E-state index in [4.69, 9.17) is 4.98 Å². The summed E-state index contributed by atoms with van der Waals surface area (Å²) in [6.45, 7) is 0.355. The fourth-order valence-electron chi connectivity index (χ4n) is 3.36. The van der Waals surface area contributed by atoms with Crippen molar-refractivity contribution in [2.24, 2.45) is 0 Å². The fraction of sp³-hybridized carbons (Fsp3) is 0.0417. The molecule has 2 aromatic heterocycles. The number of amides is 1. The number of nitrogens with zero attached hydrogens (tertiary/aromatic N) is 3. The number of aromatic nitrogens is 2. The summed E-state index contributed by atoms with van der Waals surface area (Å²) in [6, 6.07) is 25.5. The number of halogens is 1. The molecule has 0 aliphatic rings. The maximum Gasteiger partial charge on any atom is 0.260 e. The van der Waals surface area contributed by atoms with Crippen LogP contribution in [0.4, 0.5) is 5.13 Å². The highest BCUT2D eigenvalue weighted by Crippen LogP contribution is 2.32. The van der Waals surface area contributed by atoms with Crippen LogP contribution in [0.25, 0.3) is 21.0 Å². The summed E-state index contributed by atoms with van der Waals surface area (Å²) in [6.07, 6.45) is 1.74. The number of hydrogen-bond acceptors (Lipinski definition) is 4. The van der Waals surface area contributed by atoms with Crippen LogP contribution in [0.2, 0.25) is 0 Å². The van der Waals surface area contributed by atoms with E-state index in [0.717, 1.165) is 31.2 Å². The maximum absolute atomic E-state index is 13.6. The lowest BCUT2D eigenvalue weighted by Gasteiger charge is -2.20. The van der Waals surface area contributed by atoms with Crippen LogP contribution < -0.4 is 4.90 Å². The van der Waals surface area contributed by atoms with Crippen molar-refractivity contribution in [3.05, 3.63) is 101 Å². The first kappa shape index (κ1) is 18.9. The van der Waals surface area contributed by atoms with Crippen molar-refractivity contribution in [2.75, 3.05) is 4.90 Å². The number of benzene rings is 3. The van der Waals surface area contributed by atoms with Gasteiger partial charge in [0.15, 0.2) is 5.13 Å². The molecule has 4 nitrogen and oxygen atoms in total. The number of hydrogen-bond donors (Lipinski definition) is 0. The molecule has 30 heavy (non-hydrogen) atoms. The average molecular weight is 474 g/mol. The molecule has 0 aliphatic heterocycles. The van der Waals surface area contributed by atoms with Crippen LogP contribution in [0.15, 0.2) is 89.5 Å². The standard InChI is InChI=1S/C24H16BrN3OS/c25-19-10-11-21-22(14-19)30-24(27-21)28(15-20-7-3-4-12-26-20)23(29)18-9-8-16-5-1-2-6-17(16)13-18/h1-14H,15H2. The van der Waals surface area contributed by atoms with Crippen LogP contribution in [0.3, 0.4) is 0 Å². The summed E-state index contributed by atoms with van der Waals surface area (Å²) in [7, 11) is 0. The van der Waals surface area contributed by atoms with E-state index < -0.39 is 0 Å². The molecule has 0 saturated heterocycles. The smallest absolute Gasteiger partial charge is 0.260 e. The van der Waals surface area contributed by atoms with Gasteiger partial charge in [-0.15, -0.1) is 0 Å². The number of anilines is 1. The Labute approximate surface area is 186 Å². The Balaban J connectivity index is 1.59. The Hall–Kier alpha value is -3.09. The maximum atomic E-state index is 13.6. The first-order valence-corrected chi connectivity index (χ1v) is 11.0. The van der Waals surface area contributed by atoms with E-state index in [1.54, 1.807) is 11.1 Å². The molecule has 3 aromatic carbocycles. The number of fused-ring (bicyclic) bond motifs is 2. The van der Waals surface area contributed by atoms with Gasteiger partial charge in [0.25, 0.3) is 5.91 Å².